The highest BCUT2D eigenvalue weighted by Gasteiger charge is 2.23. The molecule has 0 bridgehead atoms. The molecule has 3 nitrogen and oxygen atoms in total. The van der Waals surface area contributed by atoms with Crippen LogP contribution in [0.15, 0.2) is 24.0 Å². The lowest BCUT2D eigenvalue weighted by Gasteiger charge is -2.34. The van der Waals surface area contributed by atoms with Crippen LogP contribution in [0.3, 0.4) is 0 Å². The fourth-order valence-corrected chi connectivity index (χ4v) is 1.81. The van der Waals surface area contributed by atoms with E-state index >= 15 is 0 Å². The second-order valence-corrected chi connectivity index (χ2v) is 5.29. The van der Waals surface area contributed by atoms with Gasteiger partial charge in [0.1, 0.15) is 0 Å². The number of hydrogen-bond donors (Lipinski definition) is 0. The molecule has 0 aliphatic carbocycles. The molecule has 1 aliphatic heterocycles. The third-order valence-corrected chi connectivity index (χ3v) is 3.53. The second kappa shape index (κ2) is 5.39. The van der Waals surface area contributed by atoms with E-state index < -0.39 is 0 Å². The molecule has 0 aromatic heterocycles. The first kappa shape index (κ1) is 13.8. The van der Waals surface area contributed by atoms with E-state index in [9.17, 15) is 4.79 Å². The Morgan fingerprint density at radius 2 is 2.18 bits per heavy atom. The van der Waals surface area contributed by atoms with E-state index in [0.29, 0.717) is 6.54 Å². The number of nitrogens with zero attached hydrogens (tertiary/aromatic N) is 2. The van der Waals surface area contributed by atoms with Crippen molar-refractivity contribution in [3.8, 4) is 0 Å². The fourth-order valence-electron chi connectivity index (χ4n) is 1.81. The lowest BCUT2D eigenvalue weighted by molar-refractivity contribution is -0.119. The van der Waals surface area contributed by atoms with Crippen LogP contribution in [0.2, 0.25) is 0 Å². The topological polar surface area (TPSA) is 23.6 Å². The number of hydrogen-bond acceptors (Lipinski definition) is 2. The molecule has 0 saturated carbocycles. The lowest BCUT2D eigenvalue weighted by atomic mass is 9.84. The van der Waals surface area contributed by atoms with Gasteiger partial charge in [0, 0.05) is 30.4 Å². The molecule has 1 unspecified atom stereocenters. The van der Waals surface area contributed by atoms with Crippen LogP contribution >= 0.6 is 0 Å². The highest BCUT2D eigenvalue weighted by Crippen LogP contribution is 2.31. The maximum atomic E-state index is 11.0. The van der Waals surface area contributed by atoms with E-state index in [1.165, 1.54) is 5.70 Å². The normalized spacial score (nSPS) is 23.9. The first-order chi connectivity index (χ1) is 7.91. The van der Waals surface area contributed by atoms with E-state index in [4.69, 9.17) is 0 Å². The molecule has 0 radical (unpaired) electrons. The van der Waals surface area contributed by atoms with Gasteiger partial charge in [-0.1, -0.05) is 26.0 Å². The number of amides is 1. The van der Waals surface area contributed by atoms with Crippen LogP contribution in [0.5, 0.6) is 0 Å². The first-order valence-electron chi connectivity index (χ1n) is 6.27. The molecule has 0 N–H and O–H groups in total. The molecule has 1 amide bonds. The summed E-state index contributed by atoms with van der Waals surface area (Å²) in [5.74, 6) is 0. The summed E-state index contributed by atoms with van der Waals surface area (Å²) >= 11 is 0. The minimum absolute atomic E-state index is 0.118. The van der Waals surface area contributed by atoms with Gasteiger partial charge in [-0.2, -0.15) is 0 Å². The molecule has 96 valence electrons. The zero-order valence-corrected chi connectivity index (χ0v) is 11.6. The van der Waals surface area contributed by atoms with Gasteiger partial charge in [-0.05, 0) is 20.3 Å². The molecular formula is C14H24N2O. The smallest absolute Gasteiger partial charge is 0.210 e. The van der Waals surface area contributed by atoms with Crippen LogP contribution in [0.1, 0.15) is 34.1 Å². The minimum Gasteiger partial charge on any atom is -0.353 e. The quantitative estimate of drug-likeness (QED) is 0.685. The number of rotatable bonds is 5. The van der Waals surface area contributed by atoms with Gasteiger partial charge in [-0.3, -0.25) is 4.79 Å². The summed E-state index contributed by atoms with van der Waals surface area (Å²) in [6, 6.07) is 0.237. The highest BCUT2D eigenvalue weighted by molar-refractivity contribution is 5.48. The monoisotopic (exact) mass is 236 g/mol. The molecule has 0 aromatic rings. The fraction of sp³-hybridized carbons (Fsp3) is 0.643. The Balaban J connectivity index is 2.84. The summed E-state index contributed by atoms with van der Waals surface area (Å²) in [4.78, 5) is 14.9. The van der Waals surface area contributed by atoms with Crippen molar-refractivity contribution in [3.63, 3.8) is 0 Å². The Hall–Kier alpha value is -1.25. The summed E-state index contributed by atoms with van der Waals surface area (Å²) in [6.45, 7) is 9.15. The number of allylic oxidation sites excluding steroid dienone is 2. The van der Waals surface area contributed by atoms with Gasteiger partial charge < -0.3 is 9.80 Å². The maximum Gasteiger partial charge on any atom is 0.210 e. The van der Waals surface area contributed by atoms with Crippen molar-refractivity contribution in [1.82, 2.24) is 9.80 Å². The highest BCUT2D eigenvalue weighted by atomic mass is 16.1. The summed E-state index contributed by atoms with van der Waals surface area (Å²) < 4.78 is 0. The van der Waals surface area contributed by atoms with Crippen molar-refractivity contribution in [2.45, 2.75) is 40.2 Å². The van der Waals surface area contributed by atoms with Gasteiger partial charge in [0.15, 0.2) is 0 Å². The van der Waals surface area contributed by atoms with Gasteiger partial charge in [0.25, 0.3) is 0 Å². The minimum atomic E-state index is 0.118. The maximum absolute atomic E-state index is 11.0. The second-order valence-electron chi connectivity index (χ2n) is 5.29. The van der Waals surface area contributed by atoms with Crippen LogP contribution < -0.4 is 0 Å². The SMILES string of the molecule is CCC1(C)C=CN(C)C(CN(C=O)C(C)C)=C1. The molecule has 0 fully saturated rings. The van der Waals surface area contributed by atoms with Crippen LogP contribution in [-0.4, -0.2) is 35.8 Å². The van der Waals surface area contributed by atoms with Crippen LogP contribution in [0.4, 0.5) is 0 Å². The third kappa shape index (κ3) is 3.35. The molecule has 0 saturated heterocycles. The van der Waals surface area contributed by atoms with Crippen molar-refractivity contribution in [1.29, 1.82) is 0 Å². The van der Waals surface area contributed by atoms with E-state index in [-0.39, 0.29) is 11.5 Å². The van der Waals surface area contributed by atoms with Crippen LogP contribution in [0, 0.1) is 5.41 Å². The predicted molar refractivity (Wildman–Crippen MR) is 71.3 cm³/mol. The van der Waals surface area contributed by atoms with Crippen molar-refractivity contribution in [3.05, 3.63) is 24.0 Å². The first-order valence-corrected chi connectivity index (χ1v) is 6.27. The Labute approximate surface area is 105 Å². The van der Waals surface area contributed by atoms with E-state index in [1.807, 2.05) is 25.8 Å². The molecule has 17 heavy (non-hydrogen) atoms. The number of likely N-dealkylation sites (N-methyl/N-ethyl adjacent to an activating group) is 1. The van der Waals surface area contributed by atoms with Crippen LogP contribution in [-0.2, 0) is 4.79 Å². The van der Waals surface area contributed by atoms with Gasteiger partial charge in [0.05, 0.1) is 6.54 Å². The van der Waals surface area contributed by atoms with Gasteiger partial charge in [0.2, 0.25) is 6.41 Å². The molecule has 0 spiro atoms. The molecule has 1 atom stereocenters. The standard InChI is InChI=1S/C14H24N2O/c1-6-14(4)7-8-15(5)13(9-14)10-16(11-17)12(2)3/h7-9,11-12H,6,10H2,1-5H3. The summed E-state index contributed by atoms with van der Waals surface area (Å²) in [5, 5.41) is 0. The Kier molecular flexibility index (Phi) is 4.38. The Bertz CT molecular complexity index is 333. The average molecular weight is 236 g/mol. The number of carbonyl (C=O) groups excluding carboxylic acids is 1. The van der Waals surface area contributed by atoms with Crippen molar-refractivity contribution in [2.24, 2.45) is 5.41 Å². The molecule has 3 heteroatoms. The zero-order chi connectivity index (χ0) is 13.1. The summed E-state index contributed by atoms with van der Waals surface area (Å²) in [5.41, 5.74) is 1.31. The van der Waals surface area contributed by atoms with Gasteiger partial charge >= 0.3 is 0 Å². The van der Waals surface area contributed by atoms with E-state index in [0.717, 1.165) is 12.8 Å². The lowest BCUT2D eigenvalue weighted by Crippen LogP contribution is -2.36. The molecular weight excluding hydrogens is 212 g/mol. The average Bonchev–Trinajstić information content (AvgIpc) is 2.30. The van der Waals surface area contributed by atoms with E-state index in [2.05, 4.69) is 37.1 Å². The molecule has 0 aromatic carbocycles. The molecule has 1 heterocycles. The van der Waals surface area contributed by atoms with Gasteiger partial charge in [-0.15, -0.1) is 0 Å². The summed E-state index contributed by atoms with van der Waals surface area (Å²) in [7, 11) is 2.03. The summed E-state index contributed by atoms with van der Waals surface area (Å²) in [6.07, 6.45) is 8.59. The van der Waals surface area contributed by atoms with Gasteiger partial charge in [-0.25, -0.2) is 0 Å². The van der Waals surface area contributed by atoms with Crippen LogP contribution in [0.25, 0.3) is 0 Å². The van der Waals surface area contributed by atoms with Crippen molar-refractivity contribution < 1.29 is 4.79 Å². The Morgan fingerprint density at radius 1 is 1.53 bits per heavy atom. The molecule has 1 rings (SSSR count). The van der Waals surface area contributed by atoms with Crippen molar-refractivity contribution in [2.75, 3.05) is 13.6 Å². The Morgan fingerprint density at radius 3 is 2.65 bits per heavy atom. The zero-order valence-electron chi connectivity index (χ0n) is 11.6. The number of carbonyl (C=O) groups is 1. The molecule has 1 aliphatic rings. The van der Waals surface area contributed by atoms with Crippen molar-refractivity contribution >= 4 is 6.41 Å². The van der Waals surface area contributed by atoms with E-state index in [1.54, 1.807) is 0 Å². The largest absolute Gasteiger partial charge is 0.353 e. The predicted octanol–water partition coefficient (Wildman–Crippen LogP) is 2.61. The third-order valence-electron chi connectivity index (χ3n) is 3.53.